The van der Waals surface area contributed by atoms with Crippen LogP contribution in [-0.4, -0.2) is 43.2 Å². The number of rotatable bonds is 4. The zero-order chi connectivity index (χ0) is 13.8. The van der Waals surface area contributed by atoms with Crippen molar-refractivity contribution in [1.29, 1.82) is 0 Å². The van der Waals surface area contributed by atoms with Gasteiger partial charge in [0.1, 0.15) is 5.75 Å². The molecular weight excluding hydrogens is 236 g/mol. The highest BCUT2D eigenvalue weighted by Crippen LogP contribution is 2.17. The summed E-state index contributed by atoms with van der Waals surface area (Å²) in [6.45, 7) is 9.13. The van der Waals surface area contributed by atoms with Crippen LogP contribution in [0.4, 0.5) is 0 Å². The van der Waals surface area contributed by atoms with Crippen molar-refractivity contribution >= 4 is 0 Å². The molecule has 0 spiro atoms. The van der Waals surface area contributed by atoms with Crippen LogP contribution in [0.5, 0.6) is 5.75 Å². The van der Waals surface area contributed by atoms with Crippen molar-refractivity contribution < 1.29 is 4.74 Å². The normalized spacial score (nSPS) is 26.1. The van der Waals surface area contributed by atoms with Gasteiger partial charge in [0.05, 0.1) is 7.11 Å². The maximum absolute atomic E-state index is 5.20. The van der Waals surface area contributed by atoms with Crippen LogP contribution in [0.15, 0.2) is 24.3 Å². The first-order valence-electron chi connectivity index (χ1n) is 7.22. The third-order valence-corrected chi connectivity index (χ3v) is 4.07. The van der Waals surface area contributed by atoms with E-state index in [1.54, 1.807) is 7.11 Å². The van der Waals surface area contributed by atoms with Crippen LogP contribution in [0.3, 0.4) is 0 Å². The molecule has 2 rings (SSSR count). The highest BCUT2D eigenvalue weighted by Gasteiger charge is 2.26. The van der Waals surface area contributed by atoms with E-state index in [0.717, 1.165) is 25.3 Å². The Balaban J connectivity index is 1.96. The lowest BCUT2D eigenvalue weighted by Gasteiger charge is -2.41. The summed E-state index contributed by atoms with van der Waals surface area (Å²) in [5.74, 6) is 0.931. The van der Waals surface area contributed by atoms with Crippen molar-refractivity contribution in [3.8, 4) is 5.75 Å². The Morgan fingerprint density at radius 1 is 1.32 bits per heavy atom. The van der Waals surface area contributed by atoms with Crippen LogP contribution >= 0.6 is 0 Å². The lowest BCUT2D eigenvalue weighted by molar-refractivity contribution is 0.103. The van der Waals surface area contributed by atoms with Gasteiger partial charge < -0.3 is 10.1 Å². The van der Waals surface area contributed by atoms with Crippen molar-refractivity contribution in [3.63, 3.8) is 0 Å². The van der Waals surface area contributed by atoms with Crippen molar-refractivity contribution in [3.05, 3.63) is 29.8 Å². The Kier molecular flexibility index (Phi) is 4.83. The highest BCUT2D eigenvalue weighted by molar-refractivity contribution is 5.27. The topological polar surface area (TPSA) is 24.5 Å². The molecule has 0 bridgehead atoms. The van der Waals surface area contributed by atoms with Gasteiger partial charge >= 0.3 is 0 Å². The van der Waals surface area contributed by atoms with Gasteiger partial charge in [-0.25, -0.2) is 0 Å². The van der Waals surface area contributed by atoms with Gasteiger partial charge in [-0.15, -0.1) is 0 Å². The van der Waals surface area contributed by atoms with Crippen LogP contribution in [-0.2, 0) is 6.42 Å². The predicted octanol–water partition coefficient (Wildman–Crippen LogP) is 2.31. The molecule has 1 fully saturated rings. The summed E-state index contributed by atoms with van der Waals surface area (Å²) in [4.78, 5) is 2.62. The molecule has 1 aliphatic heterocycles. The minimum Gasteiger partial charge on any atom is -0.497 e. The molecule has 3 nitrogen and oxygen atoms in total. The lowest BCUT2D eigenvalue weighted by atomic mass is 10.0. The first-order valence-corrected chi connectivity index (χ1v) is 7.22. The first kappa shape index (κ1) is 14.4. The predicted molar refractivity (Wildman–Crippen MR) is 79.8 cm³/mol. The maximum atomic E-state index is 5.20. The van der Waals surface area contributed by atoms with E-state index in [0.29, 0.717) is 18.1 Å². The Morgan fingerprint density at radius 2 is 2.00 bits per heavy atom. The second-order valence-electron chi connectivity index (χ2n) is 5.76. The summed E-state index contributed by atoms with van der Waals surface area (Å²) < 4.78 is 5.20. The minimum atomic E-state index is 0.577. The van der Waals surface area contributed by atoms with E-state index in [1.165, 1.54) is 5.56 Å². The average molecular weight is 262 g/mol. The van der Waals surface area contributed by atoms with Crippen molar-refractivity contribution in [2.45, 2.75) is 45.3 Å². The average Bonchev–Trinajstić information content (AvgIpc) is 2.42. The number of hydrogen-bond acceptors (Lipinski definition) is 3. The molecule has 0 saturated carbocycles. The number of methoxy groups -OCH3 is 1. The van der Waals surface area contributed by atoms with Gasteiger partial charge in [-0.3, -0.25) is 4.90 Å². The Hall–Kier alpha value is -1.06. The molecule has 1 aromatic carbocycles. The largest absolute Gasteiger partial charge is 0.497 e. The number of hydrogen-bond donors (Lipinski definition) is 1. The van der Waals surface area contributed by atoms with E-state index in [4.69, 9.17) is 4.74 Å². The molecular formula is C16H26N2O. The second kappa shape index (κ2) is 6.40. The Morgan fingerprint density at radius 3 is 2.63 bits per heavy atom. The zero-order valence-electron chi connectivity index (χ0n) is 12.5. The molecule has 3 atom stereocenters. The van der Waals surface area contributed by atoms with Gasteiger partial charge in [-0.05, 0) is 44.9 Å². The van der Waals surface area contributed by atoms with E-state index in [-0.39, 0.29) is 0 Å². The number of benzene rings is 1. The maximum Gasteiger partial charge on any atom is 0.118 e. The summed E-state index contributed by atoms with van der Waals surface area (Å²) in [6.07, 6.45) is 1.10. The third-order valence-electron chi connectivity index (χ3n) is 4.07. The molecule has 0 aromatic heterocycles. The van der Waals surface area contributed by atoms with Gasteiger partial charge in [0.2, 0.25) is 0 Å². The first-order chi connectivity index (χ1) is 9.10. The van der Waals surface area contributed by atoms with Crippen LogP contribution in [0.1, 0.15) is 26.3 Å². The van der Waals surface area contributed by atoms with Gasteiger partial charge in [0.25, 0.3) is 0 Å². The van der Waals surface area contributed by atoms with E-state index in [1.807, 2.05) is 12.1 Å². The minimum absolute atomic E-state index is 0.577. The summed E-state index contributed by atoms with van der Waals surface area (Å²) in [5.41, 5.74) is 1.38. The fourth-order valence-electron chi connectivity index (χ4n) is 2.88. The van der Waals surface area contributed by atoms with Gasteiger partial charge in [0.15, 0.2) is 0 Å². The second-order valence-corrected chi connectivity index (χ2v) is 5.76. The summed E-state index contributed by atoms with van der Waals surface area (Å²) in [5, 5.41) is 3.54. The molecule has 3 unspecified atom stereocenters. The molecule has 19 heavy (non-hydrogen) atoms. The summed E-state index contributed by atoms with van der Waals surface area (Å²) in [6, 6.07) is 10.2. The lowest BCUT2D eigenvalue weighted by Crippen LogP contribution is -2.57. The SMILES string of the molecule is COc1ccc(CC(C)N2CC(C)NCC2C)cc1. The summed E-state index contributed by atoms with van der Waals surface area (Å²) >= 11 is 0. The van der Waals surface area contributed by atoms with E-state index in [2.05, 4.69) is 43.1 Å². The number of nitrogens with one attached hydrogen (secondary N) is 1. The Labute approximate surface area is 116 Å². The highest BCUT2D eigenvalue weighted by atomic mass is 16.5. The van der Waals surface area contributed by atoms with Crippen molar-refractivity contribution in [1.82, 2.24) is 10.2 Å². The Bertz CT molecular complexity index is 390. The number of piperazine rings is 1. The van der Waals surface area contributed by atoms with Gasteiger partial charge in [-0.2, -0.15) is 0 Å². The smallest absolute Gasteiger partial charge is 0.118 e. The van der Waals surface area contributed by atoms with E-state index in [9.17, 15) is 0 Å². The van der Waals surface area contributed by atoms with E-state index >= 15 is 0 Å². The van der Waals surface area contributed by atoms with Crippen LogP contribution in [0, 0.1) is 0 Å². The van der Waals surface area contributed by atoms with Crippen LogP contribution in [0.2, 0.25) is 0 Å². The molecule has 0 radical (unpaired) electrons. The fraction of sp³-hybridized carbons (Fsp3) is 0.625. The number of ether oxygens (including phenoxy) is 1. The molecule has 0 aliphatic carbocycles. The molecule has 1 aliphatic rings. The molecule has 1 aromatic rings. The van der Waals surface area contributed by atoms with Crippen molar-refractivity contribution in [2.75, 3.05) is 20.2 Å². The molecule has 3 heteroatoms. The quantitative estimate of drug-likeness (QED) is 0.901. The monoisotopic (exact) mass is 262 g/mol. The fourth-order valence-corrected chi connectivity index (χ4v) is 2.88. The van der Waals surface area contributed by atoms with Gasteiger partial charge in [0, 0.05) is 31.2 Å². The molecule has 1 N–H and O–H groups in total. The standard InChI is InChI=1S/C16H26N2O/c1-12-11-18(14(3)10-17-12)13(2)9-15-5-7-16(19-4)8-6-15/h5-8,12-14,17H,9-11H2,1-4H3. The van der Waals surface area contributed by atoms with Gasteiger partial charge in [-0.1, -0.05) is 12.1 Å². The van der Waals surface area contributed by atoms with Crippen LogP contribution < -0.4 is 10.1 Å². The molecule has 1 heterocycles. The molecule has 1 saturated heterocycles. The zero-order valence-corrected chi connectivity index (χ0v) is 12.5. The van der Waals surface area contributed by atoms with Crippen LogP contribution in [0.25, 0.3) is 0 Å². The van der Waals surface area contributed by atoms with E-state index < -0.39 is 0 Å². The number of nitrogens with zero attached hydrogens (tertiary/aromatic N) is 1. The molecule has 0 amide bonds. The van der Waals surface area contributed by atoms with Crippen molar-refractivity contribution in [2.24, 2.45) is 0 Å². The summed E-state index contributed by atoms with van der Waals surface area (Å²) in [7, 11) is 1.71. The third kappa shape index (κ3) is 3.71. The molecule has 106 valence electrons.